The number of benzene rings is 2. The highest BCUT2D eigenvalue weighted by Crippen LogP contribution is 2.34. The van der Waals surface area contributed by atoms with Crippen LogP contribution in [0.25, 0.3) is 6.08 Å². The summed E-state index contributed by atoms with van der Waals surface area (Å²) in [5.74, 6) is 0.158. The van der Waals surface area contributed by atoms with Crippen LogP contribution in [0.15, 0.2) is 48.2 Å². The number of hydrogen-bond acceptors (Lipinski definition) is 4. The summed E-state index contributed by atoms with van der Waals surface area (Å²) >= 11 is 0. The van der Waals surface area contributed by atoms with Gasteiger partial charge in [0, 0.05) is 6.07 Å². The van der Waals surface area contributed by atoms with Crippen molar-refractivity contribution in [1.82, 2.24) is 0 Å². The summed E-state index contributed by atoms with van der Waals surface area (Å²) in [6.07, 6.45) is 1.49. The van der Waals surface area contributed by atoms with Crippen molar-refractivity contribution in [1.29, 1.82) is 0 Å². The molecule has 0 amide bonds. The Balaban J connectivity index is 1.85. The predicted octanol–water partition coefficient (Wildman–Crippen LogP) is 3.41. The first-order valence-corrected chi connectivity index (χ1v) is 6.99. The van der Waals surface area contributed by atoms with E-state index in [-0.39, 0.29) is 29.7 Å². The van der Waals surface area contributed by atoms with Crippen LogP contribution in [0.5, 0.6) is 11.5 Å². The molecule has 0 saturated heterocycles. The fourth-order valence-electron chi connectivity index (χ4n) is 2.19. The summed E-state index contributed by atoms with van der Waals surface area (Å²) in [6.45, 7) is 1.38. The smallest absolute Gasteiger partial charge is 0.231 e. The predicted molar refractivity (Wildman–Crippen MR) is 82.0 cm³/mol. The standard InChI is InChI=1S/C18H13FO4/c1-11(20)10-22-14-5-6-15-16(9-14)23-17(18(15)21)8-12-3-2-4-13(19)7-12/h2-9H,10H2,1H3. The van der Waals surface area contributed by atoms with Crippen molar-refractivity contribution in [2.24, 2.45) is 0 Å². The number of ketones is 2. The topological polar surface area (TPSA) is 52.6 Å². The largest absolute Gasteiger partial charge is 0.486 e. The monoisotopic (exact) mass is 312 g/mol. The second kappa shape index (κ2) is 6.04. The van der Waals surface area contributed by atoms with Gasteiger partial charge < -0.3 is 9.47 Å². The van der Waals surface area contributed by atoms with E-state index in [0.717, 1.165) is 0 Å². The molecule has 0 unspecified atom stereocenters. The number of ether oxygens (including phenoxy) is 2. The zero-order valence-electron chi connectivity index (χ0n) is 12.3. The number of hydrogen-bond donors (Lipinski definition) is 0. The van der Waals surface area contributed by atoms with Gasteiger partial charge in [0.2, 0.25) is 5.78 Å². The van der Waals surface area contributed by atoms with E-state index in [0.29, 0.717) is 22.6 Å². The minimum atomic E-state index is -0.387. The van der Waals surface area contributed by atoms with Crippen molar-refractivity contribution < 1.29 is 23.5 Å². The van der Waals surface area contributed by atoms with E-state index in [4.69, 9.17) is 9.47 Å². The first kappa shape index (κ1) is 15.0. The molecule has 116 valence electrons. The fraction of sp³-hybridized carbons (Fsp3) is 0.111. The number of carbonyl (C=O) groups is 2. The molecule has 1 aliphatic heterocycles. The molecule has 1 heterocycles. The van der Waals surface area contributed by atoms with Gasteiger partial charge in [0.15, 0.2) is 11.5 Å². The van der Waals surface area contributed by atoms with Gasteiger partial charge in [-0.05, 0) is 42.8 Å². The minimum absolute atomic E-state index is 0.0429. The highest BCUT2D eigenvalue weighted by molar-refractivity contribution is 6.14. The Bertz CT molecular complexity index is 824. The van der Waals surface area contributed by atoms with E-state index in [2.05, 4.69) is 0 Å². The molecule has 0 fully saturated rings. The molecule has 0 N–H and O–H groups in total. The second-order valence-electron chi connectivity index (χ2n) is 5.14. The lowest BCUT2D eigenvalue weighted by Gasteiger charge is -2.04. The normalized spacial score (nSPS) is 14.5. The summed E-state index contributed by atoms with van der Waals surface area (Å²) in [5, 5.41) is 0. The quantitative estimate of drug-likeness (QED) is 0.812. The highest BCUT2D eigenvalue weighted by Gasteiger charge is 2.27. The van der Waals surface area contributed by atoms with Gasteiger partial charge in [-0.3, -0.25) is 9.59 Å². The Morgan fingerprint density at radius 3 is 2.83 bits per heavy atom. The molecule has 0 atom stereocenters. The molecule has 0 saturated carbocycles. The number of carbonyl (C=O) groups excluding carboxylic acids is 2. The summed E-state index contributed by atoms with van der Waals surface area (Å²) in [5.41, 5.74) is 0.942. The number of allylic oxidation sites excluding steroid dienone is 1. The molecule has 0 aromatic heterocycles. The first-order chi connectivity index (χ1) is 11.0. The van der Waals surface area contributed by atoms with E-state index in [1.54, 1.807) is 30.3 Å². The van der Waals surface area contributed by atoms with E-state index in [9.17, 15) is 14.0 Å². The molecular formula is C18H13FO4. The number of fused-ring (bicyclic) bond motifs is 1. The minimum Gasteiger partial charge on any atom is -0.486 e. The Hall–Kier alpha value is -2.95. The third kappa shape index (κ3) is 3.29. The molecule has 2 aromatic carbocycles. The number of rotatable bonds is 4. The third-order valence-electron chi connectivity index (χ3n) is 3.23. The summed E-state index contributed by atoms with van der Waals surface area (Å²) in [7, 11) is 0. The van der Waals surface area contributed by atoms with Crippen molar-refractivity contribution in [3.63, 3.8) is 0 Å². The zero-order chi connectivity index (χ0) is 16.4. The maximum Gasteiger partial charge on any atom is 0.231 e. The van der Waals surface area contributed by atoms with Crippen LogP contribution in [0.3, 0.4) is 0 Å². The number of halogens is 1. The molecule has 4 nitrogen and oxygen atoms in total. The van der Waals surface area contributed by atoms with Crippen molar-refractivity contribution in [3.05, 3.63) is 65.2 Å². The lowest BCUT2D eigenvalue weighted by molar-refractivity contribution is -0.118. The molecule has 0 bridgehead atoms. The summed E-state index contributed by atoms with van der Waals surface area (Å²) in [6, 6.07) is 10.6. The molecule has 5 heteroatoms. The van der Waals surface area contributed by atoms with Crippen LogP contribution in [0.2, 0.25) is 0 Å². The van der Waals surface area contributed by atoms with E-state index in [1.807, 2.05) is 0 Å². The SMILES string of the molecule is CC(=O)COc1ccc2c(c1)OC(=Cc1cccc(F)c1)C2=O. The second-order valence-corrected chi connectivity index (χ2v) is 5.14. The fourth-order valence-corrected chi connectivity index (χ4v) is 2.19. The Kier molecular flexibility index (Phi) is 3.93. The van der Waals surface area contributed by atoms with Crippen molar-refractivity contribution in [2.75, 3.05) is 6.61 Å². The van der Waals surface area contributed by atoms with Gasteiger partial charge in [-0.25, -0.2) is 4.39 Å². The van der Waals surface area contributed by atoms with Gasteiger partial charge in [0.25, 0.3) is 0 Å². The van der Waals surface area contributed by atoms with Crippen molar-refractivity contribution >= 4 is 17.6 Å². The average molecular weight is 312 g/mol. The lowest BCUT2D eigenvalue weighted by atomic mass is 10.1. The molecule has 2 aromatic rings. The molecule has 0 spiro atoms. The summed E-state index contributed by atoms with van der Waals surface area (Å²) in [4.78, 5) is 23.2. The van der Waals surface area contributed by atoms with Crippen LogP contribution in [0.4, 0.5) is 4.39 Å². The van der Waals surface area contributed by atoms with Gasteiger partial charge in [0.1, 0.15) is 23.9 Å². The van der Waals surface area contributed by atoms with Crippen molar-refractivity contribution in [3.8, 4) is 11.5 Å². The first-order valence-electron chi connectivity index (χ1n) is 6.99. The van der Waals surface area contributed by atoms with Crippen LogP contribution >= 0.6 is 0 Å². The molecule has 0 radical (unpaired) electrons. The number of Topliss-reactive ketones (excluding diaryl/α,β-unsaturated/α-hetero) is 2. The van der Waals surface area contributed by atoms with Crippen LogP contribution in [-0.4, -0.2) is 18.2 Å². The van der Waals surface area contributed by atoms with Gasteiger partial charge in [-0.1, -0.05) is 12.1 Å². The maximum atomic E-state index is 13.2. The van der Waals surface area contributed by atoms with Crippen LogP contribution < -0.4 is 9.47 Å². The van der Waals surface area contributed by atoms with Gasteiger partial charge in [-0.2, -0.15) is 0 Å². The molecule has 0 aliphatic carbocycles. The Morgan fingerprint density at radius 2 is 2.09 bits per heavy atom. The van der Waals surface area contributed by atoms with Gasteiger partial charge in [0.05, 0.1) is 5.56 Å². The Morgan fingerprint density at radius 1 is 1.26 bits per heavy atom. The lowest BCUT2D eigenvalue weighted by Crippen LogP contribution is -2.06. The maximum absolute atomic E-state index is 13.2. The molecule has 3 rings (SSSR count). The highest BCUT2D eigenvalue weighted by atomic mass is 19.1. The molecule has 1 aliphatic rings. The van der Waals surface area contributed by atoms with Crippen LogP contribution in [0, 0.1) is 5.82 Å². The van der Waals surface area contributed by atoms with E-state index >= 15 is 0 Å². The zero-order valence-corrected chi connectivity index (χ0v) is 12.3. The van der Waals surface area contributed by atoms with Crippen LogP contribution in [0.1, 0.15) is 22.8 Å². The van der Waals surface area contributed by atoms with Gasteiger partial charge >= 0.3 is 0 Å². The average Bonchev–Trinajstić information content (AvgIpc) is 2.81. The summed E-state index contributed by atoms with van der Waals surface area (Å²) < 4.78 is 24.0. The Labute approximate surface area is 132 Å². The van der Waals surface area contributed by atoms with Crippen LogP contribution in [-0.2, 0) is 4.79 Å². The van der Waals surface area contributed by atoms with Gasteiger partial charge in [-0.15, -0.1) is 0 Å². The van der Waals surface area contributed by atoms with E-state index in [1.165, 1.54) is 25.1 Å². The van der Waals surface area contributed by atoms with Crippen molar-refractivity contribution in [2.45, 2.75) is 6.92 Å². The third-order valence-corrected chi connectivity index (χ3v) is 3.23. The molecule has 23 heavy (non-hydrogen) atoms. The van der Waals surface area contributed by atoms with E-state index < -0.39 is 0 Å². The molecular weight excluding hydrogens is 299 g/mol.